The molecule has 31 heavy (non-hydrogen) atoms. The second-order valence-electron chi connectivity index (χ2n) is 6.85. The van der Waals surface area contributed by atoms with Gasteiger partial charge in [-0.05, 0) is 72.3 Å². The zero-order chi connectivity index (χ0) is 21.6. The fourth-order valence-corrected chi connectivity index (χ4v) is 3.31. The lowest BCUT2D eigenvalue weighted by Crippen LogP contribution is -1.90. The summed E-state index contributed by atoms with van der Waals surface area (Å²) in [5.74, 6) is 1.41. The van der Waals surface area contributed by atoms with Gasteiger partial charge >= 0.3 is 0 Å². The van der Waals surface area contributed by atoms with Gasteiger partial charge in [0.1, 0.15) is 17.1 Å². The van der Waals surface area contributed by atoms with Crippen LogP contribution in [0.5, 0.6) is 11.5 Å². The van der Waals surface area contributed by atoms with E-state index in [1.54, 1.807) is 26.4 Å². The van der Waals surface area contributed by atoms with Crippen LogP contribution in [0, 0.1) is 0 Å². The number of benzene rings is 2. The van der Waals surface area contributed by atoms with Crippen LogP contribution in [0.1, 0.15) is 11.3 Å². The molecule has 4 aromatic rings. The molecule has 0 radical (unpaired) electrons. The number of allylic oxidation sites excluding steroid dienone is 2. The third kappa shape index (κ3) is 4.56. The maximum atomic E-state index is 12.4. The van der Waals surface area contributed by atoms with Gasteiger partial charge in [-0.3, -0.25) is 9.20 Å². The first-order valence-corrected chi connectivity index (χ1v) is 9.83. The average molecular weight is 410 g/mol. The number of pyridine rings is 1. The highest BCUT2D eigenvalue weighted by molar-refractivity contribution is 6.04. The van der Waals surface area contributed by atoms with Crippen LogP contribution in [0.3, 0.4) is 0 Å². The Labute approximate surface area is 180 Å². The van der Waals surface area contributed by atoms with Gasteiger partial charge in [0.15, 0.2) is 5.78 Å². The van der Waals surface area contributed by atoms with Crippen LogP contribution >= 0.6 is 0 Å². The van der Waals surface area contributed by atoms with Crippen molar-refractivity contribution in [2.45, 2.75) is 0 Å². The van der Waals surface area contributed by atoms with Gasteiger partial charge in [0.25, 0.3) is 0 Å². The summed E-state index contributed by atoms with van der Waals surface area (Å²) in [7, 11) is 3.26. The van der Waals surface area contributed by atoms with E-state index < -0.39 is 0 Å². The van der Waals surface area contributed by atoms with Crippen molar-refractivity contribution in [3.63, 3.8) is 0 Å². The molecule has 0 aliphatic rings. The van der Waals surface area contributed by atoms with Gasteiger partial charge in [0, 0.05) is 11.8 Å². The normalized spacial score (nSPS) is 11.4. The van der Waals surface area contributed by atoms with E-state index in [9.17, 15) is 4.79 Å². The Hall–Kier alpha value is -4.12. The molecule has 2 aromatic heterocycles. The molecule has 0 fully saturated rings. The zero-order valence-corrected chi connectivity index (χ0v) is 17.4. The van der Waals surface area contributed by atoms with Crippen LogP contribution < -0.4 is 9.47 Å². The lowest BCUT2D eigenvalue weighted by atomic mass is 10.1. The average Bonchev–Trinajstić information content (AvgIpc) is 3.20. The summed E-state index contributed by atoms with van der Waals surface area (Å²) in [6.45, 7) is 0. The number of carbonyl (C=O) groups is 1. The number of ketones is 1. The number of aromatic nitrogens is 2. The Morgan fingerprint density at radius 2 is 1.65 bits per heavy atom. The maximum Gasteiger partial charge on any atom is 0.178 e. The highest BCUT2D eigenvalue weighted by atomic mass is 16.5. The largest absolute Gasteiger partial charge is 0.497 e. The van der Waals surface area contributed by atoms with Crippen molar-refractivity contribution in [2.24, 2.45) is 0 Å². The minimum absolute atomic E-state index is 0.124. The summed E-state index contributed by atoms with van der Waals surface area (Å²) in [5.41, 5.74) is 4.33. The Morgan fingerprint density at radius 3 is 2.42 bits per heavy atom. The van der Waals surface area contributed by atoms with E-state index in [4.69, 9.17) is 14.5 Å². The monoisotopic (exact) mass is 410 g/mol. The molecule has 0 aliphatic carbocycles. The van der Waals surface area contributed by atoms with E-state index in [0.29, 0.717) is 0 Å². The Morgan fingerprint density at radius 1 is 0.871 bits per heavy atom. The molecule has 4 rings (SSSR count). The Bertz CT molecular complexity index is 1270. The van der Waals surface area contributed by atoms with Gasteiger partial charge in [-0.15, -0.1) is 0 Å². The molecule has 0 atom stereocenters. The summed E-state index contributed by atoms with van der Waals surface area (Å²) in [4.78, 5) is 17.1. The van der Waals surface area contributed by atoms with E-state index in [0.717, 1.165) is 39.7 Å². The molecule has 0 aliphatic heterocycles. The van der Waals surface area contributed by atoms with Gasteiger partial charge in [-0.1, -0.05) is 24.3 Å². The van der Waals surface area contributed by atoms with Crippen molar-refractivity contribution in [1.29, 1.82) is 0 Å². The first kappa shape index (κ1) is 20.2. The maximum absolute atomic E-state index is 12.4. The molecule has 0 unspecified atom stereocenters. The number of hydrogen-bond acceptors (Lipinski definition) is 4. The third-order valence-electron chi connectivity index (χ3n) is 4.86. The van der Waals surface area contributed by atoms with Crippen molar-refractivity contribution in [1.82, 2.24) is 9.38 Å². The van der Waals surface area contributed by atoms with Crippen molar-refractivity contribution in [3.8, 4) is 22.8 Å². The van der Waals surface area contributed by atoms with E-state index in [1.807, 2.05) is 77.3 Å². The van der Waals surface area contributed by atoms with Crippen LogP contribution in [-0.2, 0) is 4.79 Å². The number of imidazole rings is 1. The topological polar surface area (TPSA) is 52.8 Å². The lowest BCUT2D eigenvalue weighted by molar-refractivity contribution is -0.110. The molecule has 0 amide bonds. The summed E-state index contributed by atoms with van der Waals surface area (Å²) >= 11 is 0. The van der Waals surface area contributed by atoms with Gasteiger partial charge < -0.3 is 9.47 Å². The van der Waals surface area contributed by atoms with E-state index in [-0.39, 0.29) is 5.78 Å². The molecule has 0 saturated carbocycles. The van der Waals surface area contributed by atoms with Crippen LogP contribution in [0.15, 0.2) is 85.1 Å². The zero-order valence-electron chi connectivity index (χ0n) is 17.4. The summed E-state index contributed by atoms with van der Waals surface area (Å²) in [6.07, 6.45) is 8.55. The third-order valence-corrected chi connectivity index (χ3v) is 4.86. The predicted molar refractivity (Wildman–Crippen MR) is 123 cm³/mol. The second-order valence-corrected chi connectivity index (χ2v) is 6.85. The summed E-state index contributed by atoms with van der Waals surface area (Å²) in [5, 5.41) is 0. The lowest BCUT2D eigenvalue weighted by Gasteiger charge is -2.05. The van der Waals surface area contributed by atoms with Crippen molar-refractivity contribution >= 4 is 23.6 Å². The first-order chi connectivity index (χ1) is 15.2. The Balaban J connectivity index is 1.63. The highest BCUT2D eigenvalue weighted by Gasteiger charge is 2.12. The van der Waals surface area contributed by atoms with Gasteiger partial charge in [0.2, 0.25) is 0 Å². The second kappa shape index (κ2) is 9.13. The minimum Gasteiger partial charge on any atom is -0.497 e. The molecule has 2 heterocycles. The SMILES string of the molecule is COc1ccc(-c2c(/C=C/C(=O)/C=C/c3cccc(OC)c3)nc3ccccn23)cc1. The molecule has 0 N–H and O–H groups in total. The fraction of sp³-hybridized carbons (Fsp3) is 0.0769. The van der Waals surface area contributed by atoms with Gasteiger partial charge in [0.05, 0.1) is 25.6 Å². The molecule has 5 heteroatoms. The van der Waals surface area contributed by atoms with Gasteiger partial charge in [-0.25, -0.2) is 4.98 Å². The number of nitrogens with zero attached hydrogens (tertiary/aromatic N) is 2. The molecule has 0 spiro atoms. The van der Waals surface area contributed by atoms with E-state index >= 15 is 0 Å². The summed E-state index contributed by atoms with van der Waals surface area (Å²) < 4.78 is 12.5. The van der Waals surface area contributed by atoms with Crippen molar-refractivity contribution in [2.75, 3.05) is 14.2 Å². The molecule has 0 bridgehead atoms. The van der Waals surface area contributed by atoms with E-state index in [2.05, 4.69) is 0 Å². The van der Waals surface area contributed by atoms with Crippen LogP contribution in [0.25, 0.3) is 29.1 Å². The number of methoxy groups -OCH3 is 2. The molecular weight excluding hydrogens is 388 g/mol. The van der Waals surface area contributed by atoms with Gasteiger partial charge in [-0.2, -0.15) is 0 Å². The molecular formula is C26H22N2O3. The fourth-order valence-electron chi connectivity index (χ4n) is 3.31. The Kier molecular flexibility index (Phi) is 5.94. The number of fused-ring (bicyclic) bond motifs is 1. The van der Waals surface area contributed by atoms with Crippen LogP contribution in [-0.4, -0.2) is 29.4 Å². The molecule has 2 aromatic carbocycles. The molecule has 154 valence electrons. The molecule has 5 nitrogen and oxygen atoms in total. The number of rotatable bonds is 7. The highest BCUT2D eigenvalue weighted by Crippen LogP contribution is 2.28. The van der Waals surface area contributed by atoms with E-state index in [1.165, 1.54) is 12.2 Å². The number of ether oxygens (including phenoxy) is 2. The summed E-state index contributed by atoms with van der Waals surface area (Å²) in [6, 6.07) is 21.2. The van der Waals surface area contributed by atoms with Crippen LogP contribution in [0.2, 0.25) is 0 Å². The quantitative estimate of drug-likeness (QED) is 0.387. The standard InChI is InChI=1S/C26H22N2O3/c1-30-22-14-10-20(11-15-22)26-24(27-25-8-3-4-17-28(25)26)16-13-21(29)12-9-19-6-5-7-23(18-19)31-2/h3-18H,1-2H3/b12-9+,16-13+. The van der Waals surface area contributed by atoms with Crippen LogP contribution in [0.4, 0.5) is 0 Å². The number of hydrogen-bond donors (Lipinski definition) is 0. The molecule has 0 saturated heterocycles. The minimum atomic E-state index is -0.124. The number of carbonyl (C=O) groups excluding carboxylic acids is 1. The van der Waals surface area contributed by atoms with Crippen molar-refractivity contribution in [3.05, 3.63) is 96.3 Å². The van der Waals surface area contributed by atoms with Crippen molar-refractivity contribution < 1.29 is 14.3 Å². The first-order valence-electron chi connectivity index (χ1n) is 9.83. The smallest absolute Gasteiger partial charge is 0.178 e. The predicted octanol–water partition coefficient (Wildman–Crippen LogP) is 5.31.